The van der Waals surface area contributed by atoms with Crippen LogP contribution >= 0.6 is 11.6 Å². The first kappa shape index (κ1) is 21.9. The molecule has 2 heterocycles. The highest BCUT2D eigenvalue weighted by atomic mass is 35.5. The van der Waals surface area contributed by atoms with E-state index in [0.29, 0.717) is 36.0 Å². The molecule has 2 N–H and O–H groups in total. The van der Waals surface area contributed by atoms with Crippen LogP contribution in [0.5, 0.6) is 0 Å². The van der Waals surface area contributed by atoms with E-state index < -0.39 is 6.04 Å². The van der Waals surface area contributed by atoms with E-state index in [9.17, 15) is 9.59 Å². The zero-order chi connectivity index (χ0) is 22.5. The Morgan fingerprint density at radius 1 is 1.09 bits per heavy atom. The molecule has 3 aromatic rings. The molecule has 4 rings (SSSR count). The fourth-order valence-corrected chi connectivity index (χ4v) is 3.83. The van der Waals surface area contributed by atoms with Crippen molar-refractivity contribution in [1.29, 1.82) is 0 Å². The van der Waals surface area contributed by atoms with Crippen LogP contribution < -0.4 is 10.6 Å². The lowest BCUT2D eigenvalue weighted by Gasteiger charge is -2.24. The quantitative estimate of drug-likeness (QED) is 0.586. The van der Waals surface area contributed by atoms with Gasteiger partial charge in [0.05, 0.1) is 11.8 Å². The van der Waals surface area contributed by atoms with Gasteiger partial charge < -0.3 is 20.3 Å². The number of amides is 3. The summed E-state index contributed by atoms with van der Waals surface area (Å²) in [6.45, 7) is 2.75. The summed E-state index contributed by atoms with van der Waals surface area (Å²) < 4.78 is 7.44. The van der Waals surface area contributed by atoms with Crippen molar-refractivity contribution in [1.82, 2.24) is 14.7 Å². The third kappa shape index (κ3) is 5.09. The first-order valence-corrected chi connectivity index (χ1v) is 10.8. The third-order valence-corrected chi connectivity index (χ3v) is 5.48. The maximum Gasteiger partial charge on any atom is 0.322 e. The number of aromatic nitrogens is 2. The zero-order valence-corrected chi connectivity index (χ0v) is 18.3. The topological polar surface area (TPSA) is 88.5 Å². The van der Waals surface area contributed by atoms with Crippen LogP contribution in [0.2, 0.25) is 5.02 Å². The van der Waals surface area contributed by atoms with Crippen LogP contribution in [0.25, 0.3) is 5.69 Å². The molecule has 1 aliphatic rings. The summed E-state index contributed by atoms with van der Waals surface area (Å²) in [7, 11) is 0. The van der Waals surface area contributed by atoms with Gasteiger partial charge in [0.2, 0.25) is 5.91 Å². The Kier molecular flexibility index (Phi) is 6.72. The van der Waals surface area contributed by atoms with Gasteiger partial charge >= 0.3 is 6.03 Å². The lowest BCUT2D eigenvalue weighted by atomic mass is 10.1. The molecule has 3 amide bonds. The van der Waals surface area contributed by atoms with E-state index in [-0.39, 0.29) is 18.0 Å². The molecule has 9 heteroatoms. The molecule has 1 aromatic heterocycles. The Labute approximate surface area is 191 Å². The van der Waals surface area contributed by atoms with Crippen LogP contribution in [0.4, 0.5) is 16.2 Å². The number of benzene rings is 2. The molecule has 32 heavy (non-hydrogen) atoms. The van der Waals surface area contributed by atoms with Crippen LogP contribution in [0.3, 0.4) is 0 Å². The fourth-order valence-electron chi connectivity index (χ4n) is 3.70. The molecule has 0 bridgehead atoms. The predicted octanol–water partition coefficient (Wildman–Crippen LogP) is 4.18. The standard InChI is InChI=1S/C23H24ClN5O3/c1-2-32-20-14-21(28(15-20)23(31)27-18-6-4-16(24)5-7-18)22(30)26-17-8-10-19(11-9-17)29-13-3-12-25-29/h3-13,20-21H,2,14-15H2,1H3,(H,26,30)(H,27,31). The van der Waals surface area contributed by atoms with E-state index in [1.54, 1.807) is 35.1 Å². The Balaban J connectivity index is 1.45. The van der Waals surface area contributed by atoms with Crippen LogP contribution in [0.15, 0.2) is 67.0 Å². The third-order valence-electron chi connectivity index (χ3n) is 5.23. The second kappa shape index (κ2) is 9.84. The van der Waals surface area contributed by atoms with Crippen molar-refractivity contribution in [2.45, 2.75) is 25.5 Å². The zero-order valence-electron chi connectivity index (χ0n) is 17.6. The molecule has 2 unspecified atom stereocenters. The number of ether oxygens (including phenoxy) is 1. The number of carbonyl (C=O) groups excluding carboxylic acids is 2. The van der Waals surface area contributed by atoms with Crippen molar-refractivity contribution in [2.75, 3.05) is 23.8 Å². The summed E-state index contributed by atoms with van der Waals surface area (Å²) in [5.41, 5.74) is 2.13. The molecule has 1 aliphatic heterocycles. The second-order valence-electron chi connectivity index (χ2n) is 7.41. The van der Waals surface area contributed by atoms with Gasteiger partial charge in [0.1, 0.15) is 6.04 Å². The molecule has 166 valence electrons. The van der Waals surface area contributed by atoms with Crippen LogP contribution in [0, 0.1) is 0 Å². The van der Waals surface area contributed by atoms with E-state index in [0.717, 1.165) is 5.69 Å². The minimum atomic E-state index is -0.648. The molecule has 2 aromatic carbocycles. The molecule has 2 atom stereocenters. The summed E-state index contributed by atoms with van der Waals surface area (Å²) in [4.78, 5) is 27.5. The Bertz CT molecular complexity index is 1050. The first-order valence-electron chi connectivity index (χ1n) is 10.4. The van der Waals surface area contributed by atoms with Crippen molar-refractivity contribution >= 4 is 34.9 Å². The van der Waals surface area contributed by atoms with Crippen LogP contribution in [-0.4, -0.2) is 51.9 Å². The molecule has 0 spiro atoms. The summed E-state index contributed by atoms with van der Waals surface area (Å²) in [5, 5.41) is 10.5. The number of halogens is 1. The van der Waals surface area contributed by atoms with Gasteiger partial charge in [0.15, 0.2) is 0 Å². The number of urea groups is 1. The molecule has 0 saturated carbocycles. The minimum absolute atomic E-state index is 0.200. The average Bonchev–Trinajstić information content (AvgIpc) is 3.47. The lowest BCUT2D eigenvalue weighted by molar-refractivity contribution is -0.119. The van der Waals surface area contributed by atoms with Gasteiger partial charge in [-0.1, -0.05) is 11.6 Å². The molecule has 1 fully saturated rings. The molecular weight excluding hydrogens is 430 g/mol. The summed E-state index contributed by atoms with van der Waals surface area (Å²) >= 11 is 5.91. The van der Waals surface area contributed by atoms with E-state index >= 15 is 0 Å². The van der Waals surface area contributed by atoms with E-state index in [1.165, 1.54) is 4.90 Å². The van der Waals surface area contributed by atoms with E-state index in [2.05, 4.69) is 15.7 Å². The number of carbonyl (C=O) groups is 2. The lowest BCUT2D eigenvalue weighted by Crippen LogP contribution is -2.45. The van der Waals surface area contributed by atoms with E-state index in [4.69, 9.17) is 16.3 Å². The highest BCUT2D eigenvalue weighted by Crippen LogP contribution is 2.24. The van der Waals surface area contributed by atoms with Crippen molar-refractivity contribution in [3.8, 4) is 5.69 Å². The van der Waals surface area contributed by atoms with E-state index in [1.807, 2.05) is 43.5 Å². The SMILES string of the molecule is CCOC1CC(C(=O)Nc2ccc(-n3cccn3)cc2)N(C(=O)Nc2ccc(Cl)cc2)C1. The number of rotatable bonds is 6. The highest BCUT2D eigenvalue weighted by Gasteiger charge is 2.40. The maximum atomic E-state index is 13.1. The van der Waals surface area contributed by atoms with Gasteiger partial charge in [0, 0.05) is 48.4 Å². The van der Waals surface area contributed by atoms with Gasteiger partial charge in [-0.2, -0.15) is 5.10 Å². The number of hydrogen-bond donors (Lipinski definition) is 2. The first-order chi connectivity index (χ1) is 15.5. The Morgan fingerprint density at radius 3 is 2.44 bits per heavy atom. The number of nitrogens with one attached hydrogen (secondary N) is 2. The van der Waals surface area contributed by atoms with Crippen molar-refractivity contribution in [3.63, 3.8) is 0 Å². The fraction of sp³-hybridized carbons (Fsp3) is 0.261. The predicted molar refractivity (Wildman–Crippen MR) is 123 cm³/mol. The largest absolute Gasteiger partial charge is 0.377 e. The van der Waals surface area contributed by atoms with Gasteiger partial charge in [-0.15, -0.1) is 0 Å². The summed E-state index contributed by atoms with van der Waals surface area (Å²) in [5.74, 6) is -0.259. The highest BCUT2D eigenvalue weighted by molar-refractivity contribution is 6.30. The van der Waals surface area contributed by atoms with Crippen molar-refractivity contribution in [2.24, 2.45) is 0 Å². The smallest absolute Gasteiger partial charge is 0.322 e. The maximum absolute atomic E-state index is 13.1. The van der Waals surface area contributed by atoms with Crippen molar-refractivity contribution < 1.29 is 14.3 Å². The Hall–Kier alpha value is -3.36. The van der Waals surface area contributed by atoms with Gasteiger partial charge in [-0.25, -0.2) is 9.48 Å². The number of likely N-dealkylation sites (tertiary alicyclic amines) is 1. The number of hydrogen-bond acceptors (Lipinski definition) is 4. The normalized spacial score (nSPS) is 17.9. The van der Waals surface area contributed by atoms with Crippen LogP contribution in [0.1, 0.15) is 13.3 Å². The van der Waals surface area contributed by atoms with Gasteiger partial charge in [0.25, 0.3) is 0 Å². The number of nitrogens with zero attached hydrogens (tertiary/aromatic N) is 3. The van der Waals surface area contributed by atoms with Gasteiger partial charge in [-0.3, -0.25) is 4.79 Å². The van der Waals surface area contributed by atoms with Crippen LogP contribution in [-0.2, 0) is 9.53 Å². The van der Waals surface area contributed by atoms with Gasteiger partial charge in [-0.05, 0) is 61.5 Å². The monoisotopic (exact) mass is 453 g/mol. The molecule has 8 nitrogen and oxygen atoms in total. The second-order valence-corrected chi connectivity index (χ2v) is 7.84. The average molecular weight is 454 g/mol. The Morgan fingerprint density at radius 2 is 1.78 bits per heavy atom. The van der Waals surface area contributed by atoms with Crippen molar-refractivity contribution in [3.05, 3.63) is 72.0 Å². The molecular formula is C23H24ClN5O3. The number of anilines is 2. The minimum Gasteiger partial charge on any atom is -0.377 e. The molecule has 1 saturated heterocycles. The summed E-state index contributed by atoms with van der Waals surface area (Å²) in [6, 6.07) is 15.0. The summed E-state index contributed by atoms with van der Waals surface area (Å²) in [6.07, 6.45) is 3.78. The molecule has 0 radical (unpaired) electrons. The molecule has 0 aliphatic carbocycles.